The van der Waals surface area contributed by atoms with Gasteiger partial charge < -0.3 is 19.7 Å². The molecule has 0 unspecified atom stereocenters. The van der Waals surface area contributed by atoms with Gasteiger partial charge in [0.1, 0.15) is 23.1 Å². The predicted octanol–water partition coefficient (Wildman–Crippen LogP) is 5.97. The number of unbranched alkanes of at least 4 members (excludes halogenated alkanes) is 2. The summed E-state index contributed by atoms with van der Waals surface area (Å²) in [6, 6.07) is 9.09. The number of ether oxygens (including phenoxy) is 2. The molecule has 160 valence electrons. The lowest BCUT2D eigenvalue weighted by Gasteiger charge is -2.21. The second-order valence-corrected chi connectivity index (χ2v) is 8.45. The maximum absolute atomic E-state index is 13.4. The van der Waals surface area contributed by atoms with E-state index in [2.05, 4.69) is 31.9 Å². The topological polar surface area (TPSA) is 58.9 Å². The van der Waals surface area contributed by atoms with Gasteiger partial charge in [0, 0.05) is 25.0 Å². The van der Waals surface area contributed by atoms with Gasteiger partial charge >= 0.3 is 0 Å². The van der Waals surface area contributed by atoms with Crippen LogP contribution in [0.3, 0.4) is 0 Å². The molecule has 0 aromatic heterocycles. The van der Waals surface area contributed by atoms with Gasteiger partial charge in [-0.15, -0.1) is 0 Å². The summed E-state index contributed by atoms with van der Waals surface area (Å²) in [5.41, 5.74) is 0. The quantitative estimate of drug-likeness (QED) is 0.259. The molecule has 0 heterocycles. The number of halogens is 4. The molecule has 2 rings (SSSR count). The fourth-order valence-corrected chi connectivity index (χ4v) is 3.15. The lowest BCUT2D eigenvalue weighted by atomic mass is 10.0. The van der Waals surface area contributed by atoms with Crippen LogP contribution in [-0.4, -0.2) is 29.2 Å². The van der Waals surface area contributed by atoms with E-state index in [0.29, 0.717) is 59.3 Å². The molecule has 4 nitrogen and oxygen atoms in total. The summed E-state index contributed by atoms with van der Waals surface area (Å²) in [5.74, 6) is -1.64. The van der Waals surface area contributed by atoms with Gasteiger partial charge in [0.2, 0.25) is 0 Å². The molecule has 2 aromatic carbocycles. The third kappa shape index (κ3) is 8.99. The molecule has 0 aliphatic heterocycles. The lowest BCUT2D eigenvalue weighted by Crippen LogP contribution is -2.28. The summed E-state index contributed by atoms with van der Waals surface area (Å²) in [5, 5.41) is 20.1. The van der Waals surface area contributed by atoms with Crippen LogP contribution in [0.1, 0.15) is 38.5 Å². The van der Waals surface area contributed by atoms with Crippen molar-refractivity contribution in [2.75, 3.05) is 13.2 Å². The van der Waals surface area contributed by atoms with E-state index in [-0.39, 0.29) is 24.5 Å². The van der Waals surface area contributed by atoms with E-state index in [0.717, 1.165) is 0 Å². The number of aliphatic hydroxyl groups is 2. The highest BCUT2D eigenvalue weighted by Gasteiger charge is 2.21. The van der Waals surface area contributed by atoms with Crippen molar-refractivity contribution >= 4 is 31.9 Å². The Labute approximate surface area is 186 Å². The zero-order chi connectivity index (χ0) is 21.3. The van der Waals surface area contributed by atoms with E-state index in [1.54, 1.807) is 24.3 Å². The van der Waals surface area contributed by atoms with Crippen LogP contribution in [0.4, 0.5) is 8.78 Å². The minimum Gasteiger partial charge on any atom is -0.493 e. The van der Waals surface area contributed by atoms with Gasteiger partial charge in [0.15, 0.2) is 5.79 Å². The minimum atomic E-state index is -1.74. The number of rotatable bonds is 12. The van der Waals surface area contributed by atoms with E-state index < -0.39 is 5.79 Å². The summed E-state index contributed by atoms with van der Waals surface area (Å²) in [6.45, 7) is 0.740. The van der Waals surface area contributed by atoms with Crippen molar-refractivity contribution in [1.82, 2.24) is 0 Å². The number of hydrogen-bond acceptors (Lipinski definition) is 4. The summed E-state index contributed by atoms with van der Waals surface area (Å²) >= 11 is 6.16. The van der Waals surface area contributed by atoms with Crippen LogP contribution in [0.15, 0.2) is 45.3 Å². The Morgan fingerprint density at radius 2 is 1.14 bits per heavy atom. The molecular weight excluding hydrogens is 514 g/mol. The normalized spacial score (nSPS) is 11.5. The Morgan fingerprint density at radius 3 is 1.52 bits per heavy atom. The van der Waals surface area contributed by atoms with E-state index >= 15 is 0 Å². The van der Waals surface area contributed by atoms with Crippen molar-refractivity contribution in [3.05, 3.63) is 57.0 Å². The Bertz CT molecular complexity index is 724. The number of hydrogen-bond donors (Lipinski definition) is 2. The zero-order valence-corrected chi connectivity index (χ0v) is 19.0. The summed E-state index contributed by atoms with van der Waals surface area (Å²) in [7, 11) is 0. The highest BCUT2D eigenvalue weighted by atomic mass is 79.9. The monoisotopic (exact) mass is 536 g/mol. The van der Waals surface area contributed by atoms with Crippen LogP contribution in [0.25, 0.3) is 0 Å². The van der Waals surface area contributed by atoms with Gasteiger partial charge in [0.25, 0.3) is 0 Å². The van der Waals surface area contributed by atoms with E-state index in [1.807, 2.05) is 0 Å². The van der Waals surface area contributed by atoms with Gasteiger partial charge in [0.05, 0.1) is 22.2 Å². The minimum absolute atomic E-state index is 0.226. The lowest BCUT2D eigenvalue weighted by molar-refractivity contribution is -0.172. The summed E-state index contributed by atoms with van der Waals surface area (Å²) in [6.07, 6.45) is 2.84. The molecule has 0 saturated carbocycles. The zero-order valence-electron chi connectivity index (χ0n) is 15.8. The smallest absolute Gasteiger partial charge is 0.162 e. The summed E-state index contributed by atoms with van der Waals surface area (Å²) < 4.78 is 38.5. The summed E-state index contributed by atoms with van der Waals surface area (Å²) in [4.78, 5) is 0. The van der Waals surface area contributed by atoms with Gasteiger partial charge in [-0.1, -0.05) is 0 Å². The molecule has 0 bridgehead atoms. The molecule has 0 amide bonds. The molecule has 0 aliphatic rings. The second kappa shape index (κ2) is 11.8. The highest BCUT2D eigenvalue weighted by molar-refractivity contribution is 9.10. The first-order valence-electron chi connectivity index (χ1n) is 9.37. The van der Waals surface area contributed by atoms with Crippen molar-refractivity contribution in [1.29, 1.82) is 0 Å². The van der Waals surface area contributed by atoms with Crippen molar-refractivity contribution in [2.45, 2.75) is 44.3 Å². The standard InChI is InChI=1S/C21H24Br2F2O4/c22-17-7-5-15(13-19(17)24)28-11-3-1-9-21(26,27)10-2-4-12-29-16-6-8-18(23)20(25)14-16/h5-8,13-14,26-27H,1-4,9-12H2. The molecule has 0 fully saturated rings. The van der Waals surface area contributed by atoms with Crippen molar-refractivity contribution in [2.24, 2.45) is 0 Å². The second-order valence-electron chi connectivity index (χ2n) is 6.75. The third-order valence-electron chi connectivity index (χ3n) is 4.26. The van der Waals surface area contributed by atoms with Gasteiger partial charge in [-0.3, -0.25) is 0 Å². The van der Waals surface area contributed by atoms with Crippen LogP contribution in [0.2, 0.25) is 0 Å². The van der Waals surface area contributed by atoms with E-state index in [4.69, 9.17) is 9.47 Å². The van der Waals surface area contributed by atoms with Gasteiger partial charge in [-0.25, -0.2) is 8.78 Å². The molecule has 0 radical (unpaired) electrons. The molecule has 0 aliphatic carbocycles. The molecule has 0 spiro atoms. The maximum Gasteiger partial charge on any atom is 0.162 e. The van der Waals surface area contributed by atoms with Crippen LogP contribution in [0.5, 0.6) is 11.5 Å². The molecular formula is C21H24Br2F2O4. The average molecular weight is 538 g/mol. The van der Waals surface area contributed by atoms with E-state index in [9.17, 15) is 19.0 Å². The number of benzene rings is 2. The predicted molar refractivity (Wildman–Crippen MR) is 114 cm³/mol. The largest absolute Gasteiger partial charge is 0.493 e. The third-order valence-corrected chi connectivity index (χ3v) is 5.55. The van der Waals surface area contributed by atoms with E-state index in [1.165, 1.54) is 12.1 Å². The molecule has 0 atom stereocenters. The Morgan fingerprint density at radius 1 is 0.724 bits per heavy atom. The van der Waals surface area contributed by atoms with Crippen molar-refractivity contribution < 1.29 is 28.5 Å². The Balaban J connectivity index is 1.55. The molecule has 29 heavy (non-hydrogen) atoms. The van der Waals surface area contributed by atoms with Gasteiger partial charge in [-0.2, -0.15) is 0 Å². The highest BCUT2D eigenvalue weighted by Crippen LogP contribution is 2.23. The molecule has 2 N–H and O–H groups in total. The van der Waals surface area contributed by atoms with Crippen molar-refractivity contribution in [3.63, 3.8) is 0 Å². The first kappa shape index (κ1) is 24.1. The maximum atomic E-state index is 13.4. The SMILES string of the molecule is OC(O)(CCCCOc1ccc(Br)c(F)c1)CCCCOc1ccc(Br)c(F)c1. The van der Waals surface area contributed by atoms with Crippen LogP contribution in [-0.2, 0) is 0 Å². The van der Waals surface area contributed by atoms with Gasteiger partial charge in [-0.05, 0) is 81.8 Å². The van der Waals surface area contributed by atoms with Crippen LogP contribution < -0.4 is 9.47 Å². The molecule has 0 saturated heterocycles. The fourth-order valence-electron chi connectivity index (χ4n) is 2.66. The molecule has 2 aromatic rings. The van der Waals surface area contributed by atoms with Crippen molar-refractivity contribution in [3.8, 4) is 11.5 Å². The van der Waals surface area contributed by atoms with Crippen LogP contribution >= 0.6 is 31.9 Å². The first-order valence-corrected chi connectivity index (χ1v) is 11.0. The fraction of sp³-hybridized carbons (Fsp3) is 0.429. The Kier molecular flexibility index (Phi) is 9.82. The van der Waals surface area contributed by atoms with Crippen LogP contribution in [0, 0.1) is 11.6 Å². The average Bonchev–Trinajstić information content (AvgIpc) is 2.66. The Hall–Kier alpha value is -1.22. The first-order chi connectivity index (χ1) is 13.8. The molecule has 8 heteroatoms.